The molecule has 1 aliphatic rings. The van der Waals surface area contributed by atoms with E-state index in [0.717, 1.165) is 23.9 Å². The monoisotopic (exact) mass is 321 g/mol. The van der Waals surface area contributed by atoms with Crippen molar-refractivity contribution < 1.29 is 22.8 Å². The fourth-order valence-electron chi connectivity index (χ4n) is 1.31. The summed E-state index contributed by atoms with van der Waals surface area (Å²) in [6, 6.07) is 0.726. The summed E-state index contributed by atoms with van der Waals surface area (Å²) in [6.45, 7) is 0. The minimum atomic E-state index is -4.61. The van der Waals surface area contributed by atoms with Gasteiger partial charge in [0.25, 0.3) is 11.1 Å². The zero-order valence-corrected chi connectivity index (χ0v) is 11.4. The molecule has 1 aliphatic heterocycles. The number of nitrogens with one attached hydrogen (secondary N) is 1. The molecule has 1 aromatic heterocycles. The Hall–Kier alpha value is -1.55. The lowest BCUT2D eigenvalue weighted by Crippen LogP contribution is -2.17. The first-order valence-electron chi connectivity index (χ1n) is 5.04. The Balaban J connectivity index is 2.44. The molecule has 0 radical (unpaired) electrons. The van der Waals surface area contributed by atoms with Crippen molar-refractivity contribution in [1.29, 1.82) is 0 Å². The smallest absolute Gasteiger partial charge is 0.282 e. The highest BCUT2D eigenvalue weighted by molar-refractivity contribution is 8.18. The molecule has 0 bridgehead atoms. The molecular formula is C10H6F3N3O2S2. The quantitative estimate of drug-likeness (QED) is 0.513. The van der Waals surface area contributed by atoms with Crippen LogP contribution in [0.25, 0.3) is 6.08 Å². The van der Waals surface area contributed by atoms with Crippen molar-refractivity contribution in [3.05, 3.63) is 22.4 Å². The Morgan fingerprint density at radius 3 is 2.55 bits per heavy atom. The molecule has 5 nitrogen and oxygen atoms in total. The predicted octanol–water partition coefficient (Wildman–Crippen LogP) is 2.54. The summed E-state index contributed by atoms with van der Waals surface area (Å²) in [5, 5.41) is 1.37. The van der Waals surface area contributed by atoms with Crippen LogP contribution in [-0.2, 0) is 11.0 Å². The maximum Gasteiger partial charge on any atom is 0.433 e. The minimum absolute atomic E-state index is 0.00567. The van der Waals surface area contributed by atoms with Crippen LogP contribution in [0.5, 0.6) is 0 Å². The van der Waals surface area contributed by atoms with E-state index in [1.165, 1.54) is 6.26 Å². The van der Waals surface area contributed by atoms with Crippen LogP contribution >= 0.6 is 23.5 Å². The first-order chi connectivity index (χ1) is 9.29. The Bertz CT molecular complexity index is 616. The third-order valence-electron chi connectivity index (χ3n) is 2.12. The van der Waals surface area contributed by atoms with E-state index >= 15 is 0 Å². The third-order valence-corrected chi connectivity index (χ3v) is 3.48. The second kappa shape index (κ2) is 5.44. The Kier molecular flexibility index (Phi) is 4.04. The number of hydrogen-bond acceptors (Lipinski definition) is 6. The fraction of sp³-hybridized carbons (Fsp3) is 0.200. The molecule has 1 N–H and O–H groups in total. The summed E-state index contributed by atoms with van der Waals surface area (Å²) in [6.07, 6.45) is -1.95. The number of hydrogen-bond donors (Lipinski definition) is 1. The van der Waals surface area contributed by atoms with Crippen molar-refractivity contribution in [2.75, 3.05) is 6.26 Å². The van der Waals surface area contributed by atoms with E-state index in [1.807, 2.05) is 5.32 Å². The van der Waals surface area contributed by atoms with Crippen LogP contribution in [0.15, 0.2) is 16.1 Å². The highest BCUT2D eigenvalue weighted by Gasteiger charge is 2.34. The van der Waals surface area contributed by atoms with E-state index in [2.05, 4.69) is 9.97 Å². The summed E-state index contributed by atoms with van der Waals surface area (Å²) in [5.41, 5.74) is -1.18. The SMILES string of the molecule is CSc1nc(C=C2SC(=O)NC2=O)cc(C(F)(F)F)n1. The number of nitrogens with zero attached hydrogens (tertiary/aromatic N) is 2. The zero-order chi connectivity index (χ0) is 14.9. The molecule has 2 amide bonds. The van der Waals surface area contributed by atoms with Crippen LogP contribution in [0.1, 0.15) is 11.4 Å². The van der Waals surface area contributed by atoms with Gasteiger partial charge in [-0.05, 0) is 30.2 Å². The highest BCUT2D eigenvalue weighted by Crippen LogP contribution is 2.31. The normalized spacial score (nSPS) is 17.7. The predicted molar refractivity (Wildman–Crippen MR) is 67.9 cm³/mol. The molecule has 0 saturated carbocycles. The van der Waals surface area contributed by atoms with Crippen molar-refractivity contribution in [3.63, 3.8) is 0 Å². The van der Waals surface area contributed by atoms with Gasteiger partial charge in [-0.2, -0.15) is 13.2 Å². The molecule has 0 aliphatic carbocycles. The van der Waals surface area contributed by atoms with Gasteiger partial charge in [0.2, 0.25) is 0 Å². The van der Waals surface area contributed by atoms with Crippen LogP contribution in [0.2, 0.25) is 0 Å². The first kappa shape index (κ1) is 14.9. The average molecular weight is 321 g/mol. The molecule has 0 aromatic carbocycles. The van der Waals surface area contributed by atoms with Crippen molar-refractivity contribution in [2.24, 2.45) is 0 Å². The Morgan fingerprint density at radius 1 is 1.35 bits per heavy atom. The van der Waals surface area contributed by atoms with E-state index < -0.39 is 23.0 Å². The zero-order valence-electron chi connectivity index (χ0n) is 9.82. The maximum atomic E-state index is 12.7. The standard InChI is InChI=1S/C10H6F3N3O2S2/c1-19-8-14-4(3-6(15-8)10(11,12)13)2-5-7(17)16-9(18)20-5/h2-3H,1H3,(H,16,17,18). The van der Waals surface area contributed by atoms with Crippen LogP contribution in [0.4, 0.5) is 18.0 Å². The number of carbonyl (C=O) groups is 2. The van der Waals surface area contributed by atoms with Gasteiger partial charge in [0.05, 0.1) is 10.6 Å². The summed E-state index contributed by atoms with van der Waals surface area (Å²) in [4.78, 5) is 29.5. The molecule has 0 spiro atoms. The minimum Gasteiger partial charge on any atom is -0.282 e. The lowest BCUT2D eigenvalue weighted by molar-refractivity contribution is -0.141. The number of carbonyl (C=O) groups excluding carboxylic acids is 2. The van der Waals surface area contributed by atoms with Crippen molar-refractivity contribution in [3.8, 4) is 0 Å². The van der Waals surface area contributed by atoms with Gasteiger partial charge in [0.1, 0.15) is 5.69 Å². The molecule has 1 aromatic rings. The molecule has 106 valence electrons. The Morgan fingerprint density at radius 2 is 2.05 bits per heavy atom. The molecule has 1 saturated heterocycles. The Labute approximate surface area is 119 Å². The van der Waals surface area contributed by atoms with Gasteiger partial charge < -0.3 is 0 Å². The number of rotatable bonds is 2. The van der Waals surface area contributed by atoms with Gasteiger partial charge in [-0.1, -0.05) is 11.8 Å². The van der Waals surface area contributed by atoms with Gasteiger partial charge in [-0.15, -0.1) is 0 Å². The summed E-state index contributed by atoms with van der Waals surface area (Å²) >= 11 is 1.56. The van der Waals surface area contributed by atoms with E-state index in [0.29, 0.717) is 11.8 Å². The summed E-state index contributed by atoms with van der Waals surface area (Å²) < 4.78 is 38.0. The highest BCUT2D eigenvalue weighted by atomic mass is 32.2. The van der Waals surface area contributed by atoms with Crippen molar-refractivity contribution in [1.82, 2.24) is 15.3 Å². The number of thioether (sulfide) groups is 2. The number of aromatic nitrogens is 2. The first-order valence-corrected chi connectivity index (χ1v) is 7.09. The van der Waals surface area contributed by atoms with Gasteiger partial charge in [0, 0.05) is 0 Å². The lowest BCUT2D eigenvalue weighted by Gasteiger charge is -2.07. The van der Waals surface area contributed by atoms with Gasteiger partial charge >= 0.3 is 6.18 Å². The topological polar surface area (TPSA) is 72.0 Å². The largest absolute Gasteiger partial charge is 0.433 e. The van der Waals surface area contributed by atoms with Crippen LogP contribution in [0.3, 0.4) is 0 Å². The van der Waals surface area contributed by atoms with E-state index in [-0.39, 0.29) is 15.8 Å². The molecule has 0 atom stereocenters. The number of alkyl halides is 3. The van der Waals surface area contributed by atoms with Crippen molar-refractivity contribution in [2.45, 2.75) is 11.3 Å². The maximum absolute atomic E-state index is 12.7. The van der Waals surface area contributed by atoms with Gasteiger partial charge in [0.15, 0.2) is 5.16 Å². The molecule has 10 heteroatoms. The molecule has 20 heavy (non-hydrogen) atoms. The third kappa shape index (κ3) is 3.31. The lowest BCUT2D eigenvalue weighted by atomic mass is 10.3. The van der Waals surface area contributed by atoms with Gasteiger partial charge in [-0.25, -0.2) is 9.97 Å². The van der Waals surface area contributed by atoms with E-state index in [1.54, 1.807) is 0 Å². The molecule has 2 heterocycles. The average Bonchev–Trinajstić information content (AvgIpc) is 2.66. The second-order valence-corrected chi connectivity index (χ2v) is 5.30. The molecular weight excluding hydrogens is 315 g/mol. The van der Waals surface area contributed by atoms with Crippen LogP contribution in [-0.4, -0.2) is 27.4 Å². The summed E-state index contributed by atoms with van der Waals surface area (Å²) in [7, 11) is 0. The number of amides is 2. The molecule has 0 unspecified atom stereocenters. The number of halogens is 3. The van der Waals surface area contributed by atoms with Crippen molar-refractivity contribution >= 4 is 40.7 Å². The summed E-state index contributed by atoms with van der Waals surface area (Å²) in [5.74, 6) is -0.655. The van der Waals surface area contributed by atoms with Crippen LogP contribution in [0, 0.1) is 0 Å². The second-order valence-electron chi connectivity index (χ2n) is 3.51. The molecule has 1 fully saturated rings. The van der Waals surface area contributed by atoms with Gasteiger partial charge in [-0.3, -0.25) is 14.9 Å². The fourth-order valence-corrected chi connectivity index (χ4v) is 2.36. The molecule has 2 rings (SSSR count). The van der Waals surface area contributed by atoms with E-state index in [4.69, 9.17) is 0 Å². The van der Waals surface area contributed by atoms with Crippen LogP contribution < -0.4 is 5.32 Å². The van der Waals surface area contributed by atoms with E-state index in [9.17, 15) is 22.8 Å². The number of imide groups is 1.